The molecule has 0 atom stereocenters. The van der Waals surface area contributed by atoms with E-state index in [4.69, 9.17) is 11.6 Å². The highest BCUT2D eigenvalue weighted by Crippen LogP contribution is 2.25. The fourth-order valence-electron chi connectivity index (χ4n) is 2.55. The van der Waals surface area contributed by atoms with Crippen molar-refractivity contribution >= 4 is 29.1 Å². The summed E-state index contributed by atoms with van der Waals surface area (Å²) in [4.78, 5) is 26.0. The molecule has 1 aliphatic rings. The molecule has 1 saturated heterocycles. The van der Waals surface area contributed by atoms with Crippen molar-refractivity contribution in [2.24, 2.45) is 11.8 Å². The van der Waals surface area contributed by atoms with Gasteiger partial charge in [-0.05, 0) is 31.0 Å². The zero-order valence-electron chi connectivity index (χ0n) is 12.7. The zero-order chi connectivity index (χ0) is 16.3. The second-order valence-electron chi connectivity index (χ2n) is 5.87. The van der Waals surface area contributed by atoms with Gasteiger partial charge in [0.05, 0.1) is 10.7 Å². The summed E-state index contributed by atoms with van der Waals surface area (Å²) in [6, 6.07) is 3.87. The maximum Gasteiger partial charge on any atom is 0.227 e. The lowest BCUT2D eigenvalue weighted by molar-refractivity contribution is -0.137. The maximum atomic E-state index is 13.0. The lowest BCUT2D eigenvalue weighted by Crippen LogP contribution is -2.43. The highest BCUT2D eigenvalue weighted by Gasteiger charge is 2.28. The van der Waals surface area contributed by atoms with Crippen LogP contribution < -0.4 is 5.32 Å². The first-order valence-corrected chi connectivity index (χ1v) is 7.81. The summed E-state index contributed by atoms with van der Waals surface area (Å²) in [5.74, 6) is -0.630. The minimum atomic E-state index is -0.441. The summed E-state index contributed by atoms with van der Waals surface area (Å²) in [6.07, 6.45) is 1.26. The number of piperidine rings is 1. The topological polar surface area (TPSA) is 49.4 Å². The number of anilines is 1. The van der Waals surface area contributed by atoms with Crippen molar-refractivity contribution in [2.45, 2.75) is 26.7 Å². The van der Waals surface area contributed by atoms with Gasteiger partial charge in [0.25, 0.3) is 0 Å². The summed E-state index contributed by atoms with van der Waals surface area (Å²) in [5.41, 5.74) is 0.411. The molecule has 0 unspecified atom stereocenters. The lowest BCUT2D eigenvalue weighted by Gasteiger charge is -2.32. The maximum absolute atomic E-state index is 13.0. The Bertz CT molecular complexity index is 569. The lowest BCUT2D eigenvalue weighted by atomic mass is 9.95. The number of rotatable bonds is 3. The third-order valence-corrected chi connectivity index (χ3v) is 4.17. The molecule has 120 valence electrons. The molecule has 0 bridgehead atoms. The number of benzene rings is 1. The molecule has 1 aliphatic heterocycles. The largest absolute Gasteiger partial charge is 0.342 e. The molecule has 2 amide bonds. The van der Waals surface area contributed by atoms with Gasteiger partial charge in [-0.3, -0.25) is 9.59 Å². The first kappa shape index (κ1) is 16.7. The molecule has 1 aromatic carbocycles. The van der Waals surface area contributed by atoms with E-state index in [0.717, 1.165) is 0 Å². The van der Waals surface area contributed by atoms with Gasteiger partial charge >= 0.3 is 0 Å². The van der Waals surface area contributed by atoms with Crippen LogP contribution >= 0.6 is 11.6 Å². The van der Waals surface area contributed by atoms with E-state index < -0.39 is 5.82 Å². The van der Waals surface area contributed by atoms with Gasteiger partial charge in [-0.25, -0.2) is 4.39 Å². The third-order valence-electron chi connectivity index (χ3n) is 3.86. The first-order valence-electron chi connectivity index (χ1n) is 7.43. The van der Waals surface area contributed by atoms with Gasteiger partial charge in [-0.15, -0.1) is 0 Å². The van der Waals surface area contributed by atoms with E-state index >= 15 is 0 Å². The summed E-state index contributed by atoms with van der Waals surface area (Å²) in [6.45, 7) is 4.92. The monoisotopic (exact) mass is 326 g/mol. The number of nitrogens with zero attached hydrogens (tertiary/aromatic N) is 1. The number of amides is 2. The van der Waals surface area contributed by atoms with E-state index in [1.165, 1.54) is 18.2 Å². The Hall–Kier alpha value is -1.62. The predicted octanol–water partition coefficient (Wildman–Crippen LogP) is 3.31. The number of hydrogen-bond acceptors (Lipinski definition) is 2. The third kappa shape index (κ3) is 3.97. The number of likely N-dealkylation sites (tertiary alicyclic amines) is 1. The number of hydrogen-bond donors (Lipinski definition) is 1. The van der Waals surface area contributed by atoms with Gasteiger partial charge in [0.15, 0.2) is 0 Å². The molecule has 0 aromatic heterocycles. The van der Waals surface area contributed by atoms with Crippen LogP contribution in [0.3, 0.4) is 0 Å². The van der Waals surface area contributed by atoms with E-state index in [9.17, 15) is 14.0 Å². The van der Waals surface area contributed by atoms with Crippen molar-refractivity contribution < 1.29 is 14.0 Å². The standard InChI is InChI=1S/C16H20ClFN2O2/c1-10(2)16(22)20-7-5-11(6-8-20)15(21)19-14-4-3-12(18)9-13(14)17/h3-4,9-11H,5-8H2,1-2H3,(H,19,21). The van der Waals surface area contributed by atoms with Crippen LogP contribution in [0.25, 0.3) is 0 Å². The van der Waals surface area contributed by atoms with Gasteiger partial charge < -0.3 is 10.2 Å². The molecule has 2 rings (SSSR count). The summed E-state index contributed by atoms with van der Waals surface area (Å²) < 4.78 is 13.0. The fourth-order valence-corrected chi connectivity index (χ4v) is 2.77. The van der Waals surface area contributed by atoms with E-state index in [0.29, 0.717) is 31.6 Å². The normalized spacial score (nSPS) is 16.0. The van der Waals surface area contributed by atoms with Crippen LogP contribution in [0.15, 0.2) is 18.2 Å². The minimum Gasteiger partial charge on any atom is -0.342 e. The highest BCUT2D eigenvalue weighted by atomic mass is 35.5. The molecule has 1 aromatic rings. The molecule has 4 nitrogen and oxygen atoms in total. The summed E-state index contributed by atoms with van der Waals surface area (Å²) in [5, 5.41) is 2.91. The molecule has 22 heavy (non-hydrogen) atoms. The van der Waals surface area contributed by atoms with Crippen LogP contribution in [-0.2, 0) is 9.59 Å². The Labute approximate surface area is 134 Å². The second kappa shape index (κ2) is 7.09. The Morgan fingerprint density at radius 2 is 1.95 bits per heavy atom. The van der Waals surface area contributed by atoms with Crippen molar-refractivity contribution in [1.29, 1.82) is 0 Å². The Kier molecular flexibility index (Phi) is 5.40. The van der Waals surface area contributed by atoms with Gasteiger partial charge in [-0.2, -0.15) is 0 Å². The Morgan fingerprint density at radius 3 is 2.50 bits per heavy atom. The molecule has 1 N–H and O–H groups in total. The van der Waals surface area contributed by atoms with E-state index in [2.05, 4.69) is 5.32 Å². The molecular formula is C16H20ClFN2O2. The van der Waals surface area contributed by atoms with Crippen molar-refractivity contribution in [1.82, 2.24) is 4.90 Å². The fraction of sp³-hybridized carbons (Fsp3) is 0.500. The molecule has 0 spiro atoms. The smallest absolute Gasteiger partial charge is 0.227 e. The number of nitrogens with one attached hydrogen (secondary N) is 1. The first-order chi connectivity index (χ1) is 10.4. The Morgan fingerprint density at radius 1 is 1.32 bits per heavy atom. The van der Waals surface area contributed by atoms with Crippen LogP contribution in [-0.4, -0.2) is 29.8 Å². The zero-order valence-corrected chi connectivity index (χ0v) is 13.5. The average molecular weight is 327 g/mol. The molecular weight excluding hydrogens is 307 g/mol. The predicted molar refractivity (Wildman–Crippen MR) is 84.2 cm³/mol. The number of carbonyl (C=O) groups excluding carboxylic acids is 2. The molecule has 0 saturated carbocycles. The van der Waals surface area contributed by atoms with Gasteiger partial charge in [0, 0.05) is 24.9 Å². The molecule has 1 fully saturated rings. The minimum absolute atomic E-state index is 0.0246. The highest BCUT2D eigenvalue weighted by molar-refractivity contribution is 6.33. The van der Waals surface area contributed by atoms with Crippen LogP contribution in [0.4, 0.5) is 10.1 Å². The number of halogens is 2. The van der Waals surface area contributed by atoms with Crippen LogP contribution in [0.1, 0.15) is 26.7 Å². The van der Waals surface area contributed by atoms with Crippen molar-refractivity contribution in [3.8, 4) is 0 Å². The van der Waals surface area contributed by atoms with E-state index in [1.54, 1.807) is 4.90 Å². The summed E-state index contributed by atoms with van der Waals surface area (Å²) >= 11 is 5.90. The van der Waals surface area contributed by atoms with Gasteiger partial charge in [0.2, 0.25) is 11.8 Å². The SMILES string of the molecule is CC(C)C(=O)N1CCC(C(=O)Nc2ccc(F)cc2Cl)CC1. The van der Waals surface area contributed by atoms with Crippen LogP contribution in [0.2, 0.25) is 5.02 Å². The van der Waals surface area contributed by atoms with Gasteiger partial charge in [0.1, 0.15) is 5.82 Å². The van der Waals surface area contributed by atoms with Crippen LogP contribution in [0, 0.1) is 17.7 Å². The van der Waals surface area contributed by atoms with Crippen molar-refractivity contribution in [2.75, 3.05) is 18.4 Å². The molecule has 1 heterocycles. The van der Waals surface area contributed by atoms with Gasteiger partial charge in [-0.1, -0.05) is 25.4 Å². The second-order valence-corrected chi connectivity index (χ2v) is 6.27. The van der Waals surface area contributed by atoms with Crippen LogP contribution in [0.5, 0.6) is 0 Å². The molecule has 6 heteroatoms. The molecule has 0 radical (unpaired) electrons. The quantitative estimate of drug-likeness (QED) is 0.926. The summed E-state index contributed by atoms with van der Waals surface area (Å²) in [7, 11) is 0. The molecule has 0 aliphatic carbocycles. The Balaban J connectivity index is 1.91. The van der Waals surface area contributed by atoms with E-state index in [1.807, 2.05) is 13.8 Å². The van der Waals surface area contributed by atoms with Crippen molar-refractivity contribution in [3.05, 3.63) is 29.0 Å². The number of carbonyl (C=O) groups is 2. The average Bonchev–Trinajstić information content (AvgIpc) is 2.49. The van der Waals surface area contributed by atoms with E-state index in [-0.39, 0.29) is 28.7 Å². The van der Waals surface area contributed by atoms with Crippen molar-refractivity contribution in [3.63, 3.8) is 0 Å².